The Morgan fingerprint density at radius 3 is 2.11 bits per heavy atom. The Morgan fingerprint density at radius 1 is 0.842 bits per heavy atom. The van der Waals surface area contributed by atoms with Crippen molar-refractivity contribution in [1.29, 1.82) is 0 Å². The summed E-state index contributed by atoms with van der Waals surface area (Å²) >= 11 is 0. The molecule has 0 saturated carbocycles. The normalized spacial score (nSPS) is 12.6. The minimum Gasteiger partial charge on any atom is -0.324 e. The molecule has 2 N–H and O–H groups in total. The van der Waals surface area contributed by atoms with E-state index in [4.69, 9.17) is 5.73 Å². The van der Waals surface area contributed by atoms with E-state index in [1.807, 2.05) is 18.2 Å². The number of rotatable bonds is 5. The van der Waals surface area contributed by atoms with Crippen LogP contribution in [-0.2, 0) is 12.8 Å². The molecule has 0 aliphatic heterocycles. The molecule has 0 saturated heterocycles. The third-order valence-corrected chi connectivity index (χ3v) is 3.32. The second-order valence-corrected chi connectivity index (χ2v) is 5.64. The molecule has 2 rings (SSSR count). The van der Waals surface area contributed by atoms with E-state index in [0.717, 1.165) is 12.8 Å². The Morgan fingerprint density at radius 2 is 1.47 bits per heavy atom. The van der Waals surface area contributed by atoms with E-state index in [1.165, 1.54) is 16.7 Å². The van der Waals surface area contributed by atoms with Crippen molar-refractivity contribution in [2.24, 2.45) is 11.7 Å². The molecule has 1 unspecified atom stereocenters. The highest BCUT2D eigenvalue weighted by Crippen LogP contribution is 2.17. The summed E-state index contributed by atoms with van der Waals surface area (Å²) in [5.74, 6) is 0.693. The summed E-state index contributed by atoms with van der Waals surface area (Å²) in [5, 5.41) is 0. The van der Waals surface area contributed by atoms with Crippen LogP contribution in [0, 0.1) is 5.92 Å². The van der Waals surface area contributed by atoms with Gasteiger partial charge in [0.25, 0.3) is 0 Å². The lowest BCUT2D eigenvalue weighted by Crippen LogP contribution is -2.13. The minimum atomic E-state index is 0.0792. The summed E-state index contributed by atoms with van der Waals surface area (Å²) in [4.78, 5) is 0. The van der Waals surface area contributed by atoms with E-state index in [-0.39, 0.29) is 6.04 Å². The summed E-state index contributed by atoms with van der Waals surface area (Å²) in [6, 6.07) is 19.2. The van der Waals surface area contributed by atoms with Crippen LogP contribution in [0.5, 0.6) is 0 Å². The Labute approximate surface area is 116 Å². The average Bonchev–Trinajstić information content (AvgIpc) is 2.39. The van der Waals surface area contributed by atoms with Crippen LogP contribution < -0.4 is 5.73 Å². The molecule has 0 bridgehead atoms. The Bertz CT molecular complexity index is 502. The molecule has 0 fully saturated rings. The monoisotopic (exact) mass is 253 g/mol. The van der Waals surface area contributed by atoms with Crippen molar-refractivity contribution in [1.82, 2.24) is 0 Å². The predicted octanol–water partition coefficient (Wildman–Crippen LogP) is 4.13. The van der Waals surface area contributed by atoms with Gasteiger partial charge >= 0.3 is 0 Å². The van der Waals surface area contributed by atoms with Gasteiger partial charge in [-0.15, -0.1) is 0 Å². The molecule has 19 heavy (non-hydrogen) atoms. The molecule has 1 atom stereocenters. The van der Waals surface area contributed by atoms with Gasteiger partial charge in [0.15, 0.2) is 0 Å². The lowest BCUT2D eigenvalue weighted by Gasteiger charge is -2.13. The molecular weight excluding hydrogens is 230 g/mol. The third-order valence-electron chi connectivity index (χ3n) is 3.32. The van der Waals surface area contributed by atoms with Gasteiger partial charge in [-0.3, -0.25) is 0 Å². The largest absolute Gasteiger partial charge is 0.324 e. The highest BCUT2D eigenvalue weighted by atomic mass is 14.6. The van der Waals surface area contributed by atoms with Gasteiger partial charge < -0.3 is 5.73 Å². The number of hydrogen-bond donors (Lipinski definition) is 1. The van der Waals surface area contributed by atoms with E-state index >= 15 is 0 Å². The quantitative estimate of drug-likeness (QED) is 0.852. The van der Waals surface area contributed by atoms with Crippen molar-refractivity contribution in [3.63, 3.8) is 0 Å². The van der Waals surface area contributed by atoms with E-state index in [0.29, 0.717) is 5.92 Å². The molecule has 0 spiro atoms. The Balaban J connectivity index is 2.06. The Hall–Kier alpha value is -1.60. The Kier molecular flexibility index (Phi) is 4.75. The standard InChI is InChI=1S/C18H23N/c1-14(2)11-15-7-6-8-16(12-15)13-18(19)17-9-4-3-5-10-17/h3-10,12,14,18H,11,13,19H2,1-2H3. The van der Waals surface area contributed by atoms with Crippen molar-refractivity contribution in [3.05, 3.63) is 71.3 Å². The molecule has 0 radical (unpaired) electrons. The van der Waals surface area contributed by atoms with Crippen LogP contribution in [0.15, 0.2) is 54.6 Å². The van der Waals surface area contributed by atoms with E-state index in [9.17, 15) is 0 Å². The summed E-state index contributed by atoms with van der Waals surface area (Å²) < 4.78 is 0. The van der Waals surface area contributed by atoms with Crippen LogP contribution in [0.25, 0.3) is 0 Å². The van der Waals surface area contributed by atoms with E-state index in [1.54, 1.807) is 0 Å². The first-order valence-electron chi connectivity index (χ1n) is 7.03. The first-order valence-corrected chi connectivity index (χ1v) is 7.03. The highest BCUT2D eigenvalue weighted by Gasteiger charge is 2.07. The SMILES string of the molecule is CC(C)Cc1cccc(CC(N)c2ccccc2)c1. The molecule has 0 amide bonds. The third kappa shape index (κ3) is 4.22. The van der Waals surface area contributed by atoms with E-state index in [2.05, 4.69) is 50.2 Å². The summed E-state index contributed by atoms with van der Waals surface area (Å²) in [5.41, 5.74) is 10.2. The van der Waals surface area contributed by atoms with Gasteiger partial charge in [-0.25, -0.2) is 0 Å². The highest BCUT2D eigenvalue weighted by molar-refractivity contribution is 5.27. The van der Waals surface area contributed by atoms with Crippen molar-refractivity contribution in [2.75, 3.05) is 0 Å². The van der Waals surface area contributed by atoms with Crippen LogP contribution in [-0.4, -0.2) is 0 Å². The number of hydrogen-bond acceptors (Lipinski definition) is 1. The summed E-state index contributed by atoms with van der Waals surface area (Å²) in [6.07, 6.45) is 2.03. The molecular formula is C18H23N. The fraction of sp³-hybridized carbons (Fsp3) is 0.333. The first kappa shape index (κ1) is 13.8. The molecule has 0 aliphatic rings. The summed E-state index contributed by atoms with van der Waals surface area (Å²) in [7, 11) is 0. The zero-order chi connectivity index (χ0) is 13.7. The smallest absolute Gasteiger partial charge is 0.0335 e. The topological polar surface area (TPSA) is 26.0 Å². The zero-order valence-electron chi connectivity index (χ0n) is 11.8. The minimum absolute atomic E-state index is 0.0792. The van der Waals surface area contributed by atoms with Gasteiger partial charge in [0.1, 0.15) is 0 Å². The zero-order valence-corrected chi connectivity index (χ0v) is 11.8. The van der Waals surface area contributed by atoms with Crippen LogP contribution in [0.4, 0.5) is 0 Å². The van der Waals surface area contributed by atoms with Crippen LogP contribution in [0.1, 0.15) is 36.6 Å². The molecule has 1 nitrogen and oxygen atoms in total. The molecule has 0 aromatic heterocycles. The van der Waals surface area contributed by atoms with Crippen LogP contribution in [0.3, 0.4) is 0 Å². The molecule has 0 aliphatic carbocycles. The fourth-order valence-electron chi connectivity index (χ4n) is 2.43. The van der Waals surface area contributed by atoms with Crippen LogP contribution in [0.2, 0.25) is 0 Å². The van der Waals surface area contributed by atoms with Gasteiger partial charge in [-0.2, -0.15) is 0 Å². The first-order chi connectivity index (χ1) is 9.15. The maximum atomic E-state index is 6.28. The average molecular weight is 253 g/mol. The molecule has 0 heterocycles. The molecule has 2 aromatic carbocycles. The lowest BCUT2D eigenvalue weighted by molar-refractivity contribution is 0.645. The van der Waals surface area contributed by atoms with Gasteiger partial charge in [0.05, 0.1) is 0 Å². The van der Waals surface area contributed by atoms with E-state index < -0.39 is 0 Å². The maximum absolute atomic E-state index is 6.28. The van der Waals surface area contributed by atoms with Crippen molar-refractivity contribution in [3.8, 4) is 0 Å². The second kappa shape index (κ2) is 6.53. The van der Waals surface area contributed by atoms with Crippen molar-refractivity contribution >= 4 is 0 Å². The number of nitrogens with two attached hydrogens (primary N) is 1. The predicted molar refractivity (Wildman–Crippen MR) is 82.1 cm³/mol. The molecule has 100 valence electrons. The van der Waals surface area contributed by atoms with Crippen LogP contribution >= 0.6 is 0 Å². The molecule has 1 heteroatoms. The van der Waals surface area contributed by atoms with Gasteiger partial charge in [0.2, 0.25) is 0 Å². The number of benzene rings is 2. The second-order valence-electron chi connectivity index (χ2n) is 5.64. The summed E-state index contributed by atoms with van der Waals surface area (Å²) in [6.45, 7) is 4.50. The van der Waals surface area contributed by atoms with Gasteiger partial charge in [0, 0.05) is 6.04 Å². The fourth-order valence-corrected chi connectivity index (χ4v) is 2.43. The van der Waals surface area contributed by atoms with Gasteiger partial charge in [-0.05, 0) is 35.4 Å². The van der Waals surface area contributed by atoms with Gasteiger partial charge in [-0.1, -0.05) is 68.4 Å². The maximum Gasteiger partial charge on any atom is 0.0335 e. The van der Waals surface area contributed by atoms with Crippen molar-refractivity contribution in [2.45, 2.75) is 32.7 Å². The molecule has 2 aromatic rings. The van der Waals surface area contributed by atoms with Crippen molar-refractivity contribution < 1.29 is 0 Å². The lowest BCUT2D eigenvalue weighted by atomic mass is 9.96.